The van der Waals surface area contributed by atoms with Crippen LogP contribution in [0.4, 0.5) is 11.4 Å². The number of benzene rings is 1. The molecule has 3 rings (SSSR count). The first-order chi connectivity index (χ1) is 10.1. The van der Waals surface area contributed by atoms with Gasteiger partial charge in [-0.05, 0) is 57.0 Å². The fraction of sp³-hybridized carbons (Fsp3) is 0.353. The van der Waals surface area contributed by atoms with Crippen LogP contribution in [0.5, 0.6) is 0 Å². The van der Waals surface area contributed by atoms with Crippen LogP contribution in [0.3, 0.4) is 0 Å². The first-order valence-electron chi connectivity index (χ1n) is 7.37. The normalized spacial score (nSPS) is 14.5. The number of nitrogens with one attached hydrogen (secondary N) is 1. The van der Waals surface area contributed by atoms with Crippen LogP contribution < -0.4 is 10.2 Å². The number of aryl methyl sites for hydroxylation is 2. The van der Waals surface area contributed by atoms with Crippen LogP contribution in [0.2, 0.25) is 0 Å². The van der Waals surface area contributed by atoms with Crippen molar-refractivity contribution in [2.45, 2.75) is 26.7 Å². The summed E-state index contributed by atoms with van der Waals surface area (Å²) in [5.41, 5.74) is 2.62. The first-order valence-corrected chi connectivity index (χ1v) is 7.37. The van der Waals surface area contributed by atoms with E-state index in [1.165, 1.54) is 18.5 Å². The number of carbonyl (C=O) groups is 1. The largest absolute Gasteiger partial charge is 0.466 e. The Balaban J connectivity index is 1.70. The van der Waals surface area contributed by atoms with Gasteiger partial charge in [-0.25, -0.2) is 0 Å². The van der Waals surface area contributed by atoms with E-state index in [1.54, 1.807) is 13.0 Å². The second-order valence-electron chi connectivity index (χ2n) is 5.52. The smallest absolute Gasteiger partial charge is 0.259 e. The second kappa shape index (κ2) is 5.64. The lowest BCUT2D eigenvalue weighted by Crippen LogP contribution is -2.17. The van der Waals surface area contributed by atoms with E-state index in [0.717, 1.165) is 24.5 Å². The number of carbonyl (C=O) groups excluding carboxylic acids is 1. The van der Waals surface area contributed by atoms with Crippen LogP contribution in [0.25, 0.3) is 0 Å². The summed E-state index contributed by atoms with van der Waals surface area (Å²) >= 11 is 0. The van der Waals surface area contributed by atoms with Gasteiger partial charge in [-0.1, -0.05) is 0 Å². The number of furan rings is 1. The van der Waals surface area contributed by atoms with Crippen molar-refractivity contribution in [2.75, 3.05) is 23.3 Å². The van der Waals surface area contributed by atoms with Crippen LogP contribution >= 0.6 is 0 Å². The fourth-order valence-corrected chi connectivity index (χ4v) is 2.79. The molecular weight excluding hydrogens is 264 g/mol. The lowest BCUT2D eigenvalue weighted by Gasteiger charge is -2.17. The quantitative estimate of drug-likeness (QED) is 0.933. The standard InChI is InChI=1S/C17H20N2O2/c1-12-11-16(13(2)21-12)17(20)18-14-5-7-15(8-6-14)19-9-3-4-10-19/h5-8,11H,3-4,9-10H2,1-2H3,(H,18,20). The van der Waals surface area contributed by atoms with Gasteiger partial charge in [-0.3, -0.25) is 4.79 Å². The molecule has 2 heterocycles. The van der Waals surface area contributed by atoms with Gasteiger partial charge in [0, 0.05) is 24.5 Å². The van der Waals surface area contributed by atoms with Gasteiger partial charge in [0.25, 0.3) is 5.91 Å². The van der Waals surface area contributed by atoms with E-state index in [9.17, 15) is 4.79 Å². The molecule has 21 heavy (non-hydrogen) atoms. The van der Waals surface area contributed by atoms with Crippen molar-refractivity contribution in [3.05, 3.63) is 47.4 Å². The fourth-order valence-electron chi connectivity index (χ4n) is 2.79. The molecule has 1 saturated heterocycles. The Hall–Kier alpha value is -2.23. The summed E-state index contributed by atoms with van der Waals surface area (Å²) in [7, 11) is 0. The minimum absolute atomic E-state index is 0.127. The van der Waals surface area contributed by atoms with Crippen molar-refractivity contribution in [3.8, 4) is 0 Å². The van der Waals surface area contributed by atoms with Crippen LogP contribution in [-0.2, 0) is 0 Å². The zero-order chi connectivity index (χ0) is 14.8. The van der Waals surface area contributed by atoms with Crippen molar-refractivity contribution in [2.24, 2.45) is 0 Å². The van der Waals surface area contributed by atoms with Gasteiger partial charge >= 0.3 is 0 Å². The summed E-state index contributed by atoms with van der Waals surface area (Å²) in [6.07, 6.45) is 2.52. The zero-order valence-corrected chi connectivity index (χ0v) is 12.5. The monoisotopic (exact) mass is 284 g/mol. The van der Waals surface area contributed by atoms with Gasteiger partial charge in [0.05, 0.1) is 5.56 Å². The number of nitrogens with zero attached hydrogens (tertiary/aromatic N) is 1. The van der Waals surface area contributed by atoms with E-state index in [4.69, 9.17) is 4.42 Å². The van der Waals surface area contributed by atoms with E-state index in [1.807, 2.05) is 19.1 Å². The van der Waals surface area contributed by atoms with Crippen molar-refractivity contribution in [3.63, 3.8) is 0 Å². The summed E-state index contributed by atoms with van der Waals surface area (Å²) in [5.74, 6) is 1.28. The minimum atomic E-state index is -0.127. The molecule has 1 aromatic carbocycles. The van der Waals surface area contributed by atoms with Crippen LogP contribution in [-0.4, -0.2) is 19.0 Å². The van der Waals surface area contributed by atoms with E-state index in [2.05, 4.69) is 22.3 Å². The molecular formula is C17H20N2O2. The van der Waals surface area contributed by atoms with Gasteiger partial charge in [0.2, 0.25) is 0 Å². The maximum atomic E-state index is 12.2. The lowest BCUT2D eigenvalue weighted by molar-refractivity contribution is 0.102. The minimum Gasteiger partial charge on any atom is -0.466 e. The third-order valence-corrected chi connectivity index (χ3v) is 3.88. The Morgan fingerprint density at radius 1 is 1.14 bits per heavy atom. The maximum Gasteiger partial charge on any atom is 0.259 e. The van der Waals surface area contributed by atoms with Gasteiger partial charge in [-0.2, -0.15) is 0 Å². The molecule has 0 radical (unpaired) electrons. The lowest BCUT2D eigenvalue weighted by atomic mass is 10.2. The Morgan fingerprint density at radius 2 is 1.81 bits per heavy atom. The molecule has 4 heteroatoms. The molecule has 4 nitrogen and oxygen atoms in total. The van der Waals surface area contributed by atoms with E-state index in [0.29, 0.717) is 11.3 Å². The molecule has 1 N–H and O–H groups in total. The van der Waals surface area contributed by atoms with Crippen LogP contribution in [0.15, 0.2) is 34.7 Å². The highest BCUT2D eigenvalue weighted by molar-refractivity contribution is 6.05. The topological polar surface area (TPSA) is 45.5 Å². The predicted octanol–water partition coefficient (Wildman–Crippen LogP) is 3.75. The first kappa shape index (κ1) is 13.7. The van der Waals surface area contributed by atoms with Gasteiger partial charge < -0.3 is 14.6 Å². The molecule has 2 aromatic rings. The van der Waals surface area contributed by atoms with Crippen molar-refractivity contribution >= 4 is 17.3 Å². The van der Waals surface area contributed by atoms with Gasteiger partial charge in [-0.15, -0.1) is 0 Å². The van der Waals surface area contributed by atoms with E-state index in [-0.39, 0.29) is 5.91 Å². The van der Waals surface area contributed by atoms with E-state index < -0.39 is 0 Å². The predicted molar refractivity (Wildman–Crippen MR) is 84.0 cm³/mol. The summed E-state index contributed by atoms with van der Waals surface area (Å²) in [6.45, 7) is 5.89. The molecule has 1 aliphatic rings. The molecule has 0 unspecified atom stereocenters. The molecule has 110 valence electrons. The van der Waals surface area contributed by atoms with Crippen molar-refractivity contribution in [1.82, 2.24) is 0 Å². The maximum absolute atomic E-state index is 12.2. The van der Waals surface area contributed by atoms with Gasteiger partial charge in [0.15, 0.2) is 0 Å². The molecule has 0 bridgehead atoms. The molecule has 1 fully saturated rings. The SMILES string of the molecule is Cc1cc(C(=O)Nc2ccc(N3CCCC3)cc2)c(C)o1. The second-order valence-corrected chi connectivity index (χ2v) is 5.52. The number of hydrogen-bond acceptors (Lipinski definition) is 3. The Bertz CT molecular complexity index is 637. The summed E-state index contributed by atoms with van der Waals surface area (Å²) in [4.78, 5) is 14.6. The third-order valence-electron chi connectivity index (χ3n) is 3.88. The summed E-state index contributed by atoms with van der Waals surface area (Å²) < 4.78 is 5.39. The molecule has 0 saturated carbocycles. The molecule has 1 amide bonds. The Kier molecular flexibility index (Phi) is 3.69. The molecule has 0 atom stereocenters. The third kappa shape index (κ3) is 2.94. The number of anilines is 2. The van der Waals surface area contributed by atoms with Crippen molar-refractivity contribution in [1.29, 1.82) is 0 Å². The highest BCUT2D eigenvalue weighted by atomic mass is 16.3. The van der Waals surface area contributed by atoms with Gasteiger partial charge in [0.1, 0.15) is 11.5 Å². The summed E-state index contributed by atoms with van der Waals surface area (Å²) in [5, 5.41) is 2.91. The Morgan fingerprint density at radius 3 is 2.38 bits per heavy atom. The van der Waals surface area contributed by atoms with E-state index >= 15 is 0 Å². The molecule has 0 aliphatic carbocycles. The Labute approximate surface area is 124 Å². The number of rotatable bonds is 3. The van der Waals surface area contributed by atoms with Crippen LogP contribution in [0.1, 0.15) is 34.7 Å². The highest BCUT2D eigenvalue weighted by Gasteiger charge is 2.15. The summed E-state index contributed by atoms with van der Waals surface area (Å²) in [6, 6.07) is 9.80. The average molecular weight is 284 g/mol. The van der Waals surface area contributed by atoms with Crippen molar-refractivity contribution < 1.29 is 9.21 Å². The zero-order valence-electron chi connectivity index (χ0n) is 12.5. The highest BCUT2D eigenvalue weighted by Crippen LogP contribution is 2.23. The number of hydrogen-bond donors (Lipinski definition) is 1. The van der Waals surface area contributed by atoms with Crippen LogP contribution in [0, 0.1) is 13.8 Å². The molecule has 1 aromatic heterocycles. The average Bonchev–Trinajstić information content (AvgIpc) is 3.09. The number of amides is 1. The molecule has 1 aliphatic heterocycles. The molecule has 0 spiro atoms.